The van der Waals surface area contributed by atoms with E-state index in [2.05, 4.69) is 9.72 Å². The van der Waals surface area contributed by atoms with E-state index < -0.39 is 11.9 Å². The van der Waals surface area contributed by atoms with Crippen molar-refractivity contribution in [2.24, 2.45) is 0 Å². The average Bonchev–Trinajstić information content (AvgIpc) is 2.97. The van der Waals surface area contributed by atoms with Crippen molar-refractivity contribution >= 4 is 17.7 Å². The van der Waals surface area contributed by atoms with E-state index in [9.17, 15) is 19.5 Å². The summed E-state index contributed by atoms with van der Waals surface area (Å²) in [5.41, 5.74) is 0.376. The maximum Gasteiger partial charge on any atom is 0.359 e. The van der Waals surface area contributed by atoms with Gasteiger partial charge < -0.3 is 14.4 Å². The first-order valence-electron chi connectivity index (χ1n) is 6.95. The molecule has 23 heavy (non-hydrogen) atoms. The van der Waals surface area contributed by atoms with Crippen molar-refractivity contribution < 1.29 is 24.2 Å². The van der Waals surface area contributed by atoms with Gasteiger partial charge in [0, 0.05) is 6.42 Å². The number of carboxylic acid groups (broad SMARTS) is 1. The summed E-state index contributed by atoms with van der Waals surface area (Å²) >= 11 is 0. The molecule has 0 saturated heterocycles. The summed E-state index contributed by atoms with van der Waals surface area (Å²) in [5.74, 6) is -2.33. The van der Waals surface area contributed by atoms with Crippen LogP contribution in [0.1, 0.15) is 33.0 Å². The van der Waals surface area contributed by atoms with E-state index in [1.807, 2.05) is 30.3 Å². The Morgan fingerprint density at radius 1 is 1.22 bits per heavy atom. The van der Waals surface area contributed by atoms with Gasteiger partial charge in [0.05, 0.1) is 20.0 Å². The van der Waals surface area contributed by atoms with Gasteiger partial charge in [0.2, 0.25) is 0 Å². The molecule has 0 radical (unpaired) electrons. The zero-order valence-electron chi connectivity index (χ0n) is 12.6. The van der Waals surface area contributed by atoms with Crippen molar-refractivity contribution in [2.45, 2.75) is 19.4 Å². The molecule has 0 unspecified atom stereocenters. The number of carboxylic acids is 1. The molecule has 120 valence electrons. The molecule has 0 fully saturated rings. The number of imidazole rings is 1. The van der Waals surface area contributed by atoms with Gasteiger partial charge in [-0.2, -0.15) is 0 Å². The van der Waals surface area contributed by atoms with Crippen LogP contribution >= 0.6 is 0 Å². The monoisotopic (exact) mass is 316 g/mol. The van der Waals surface area contributed by atoms with Crippen LogP contribution in [0.2, 0.25) is 0 Å². The Morgan fingerprint density at radius 3 is 2.52 bits per heavy atom. The van der Waals surface area contributed by atoms with Gasteiger partial charge in [-0.3, -0.25) is 4.79 Å². The summed E-state index contributed by atoms with van der Waals surface area (Å²) in [6, 6.07) is 9.51. The molecular weight excluding hydrogens is 300 g/mol. The number of methoxy groups -OCH3 is 1. The predicted octanol–water partition coefficient (Wildman–Crippen LogP) is 1.57. The number of esters is 1. The Labute approximate surface area is 132 Å². The lowest BCUT2D eigenvalue weighted by molar-refractivity contribution is -0.119. The lowest BCUT2D eigenvalue weighted by atomic mass is 10.1. The summed E-state index contributed by atoms with van der Waals surface area (Å²) < 4.78 is 5.64. The fourth-order valence-electron chi connectivity index (χ4n) is 2.17. The molecule has 0 amide bonds. The quantitative estimate of drug-likeness (QED) is 0.779. The lowest BCUT2D eigenvalue weighted by Gasteiger charge is -2.06. The summed E-state index contributed by atoms with van der Waals surface area (Å²) in [4.78, 5) is 38.6. The fourth-order valence-corrected chi connectivity index (χ4v) is 2.17. The van der Waals surface area contributed by atoms with E-state index >= 15 is 0 Å². The van der Waals surface area contributed by atoms with Crippen LogP contribution in [0.4, 0.5) is 0 Å². The number of nitrogens with zero attached hydrogens (tertiary/aromatic N) is 2. The van der Waals surface area contributed by atoms with Crippen molar-refractivity contribution in [1.82, 2.24) is 9.55 Å². The van der Waals surface area contributed by atoms with Crippen LogP contribution in [-0.2, 0) is 22.5 Å². The van der Waals surface area contributed by atoms with Crippen LogP contribution in [0.3, 0.4) is 0 Å². The van der Waals surface area contributed by atoms with Gasteiger partial charge in [0.1, 0.15) is 0 Å². The number of Topliss-reactive ketones (excluding diaryl/α,β-unsaturated/α-hetero) is 1. The van der Waals surface area contributed by atoms with E-state index in [1.54, 1.807) is 0 Å². The molecule has 7 nitrogen and oxygen atoms in total. The number of rotatable bonds is 7. The third kappa shape index (κ3) is 4.03. The van der Waals surface area contributed by atoms with Gasteiger partial charge >= 0.3 is 11.9 Å². The van der Waals surface area contributed by atoms with Crippen molar-refractivity contribution in [3.63, 3.8) is 0 Å². The van der Waals surface area contributed by atoms with Crippen LogP contribution in [0.25, 0.3) is 0 Å². The molecular formula is C16H16N2O5. The zero-order valence-corrected chi connectivity index (χ0v) is 12.6. The average molecular weight is 316 g/mol. The van der Waals surface area contributed by atoms with Gasteiger partial charge in [-0.15, -0.1) is 0 Å². The first-order chi connectivity index (χ1) is 11.0. The number of ketones is 1. The second kappa shape index (κ2) is 7.35. The molecule has 0 spiro atoms. The number of benzene rings is 1. The number of ether oxygens (including phenoxy) is 1. The number of aromatic carboxylic acids is 1. The molecule has 1 heterocycles. The summed E-state index contributed by atoms with van der Waals surface area (Å²) in [5, 5.41) is 9.22. The van der Waals surface area contributed by atoms with E-state index in [0.29, 0.717) is 6.42 Å². The van der Waals surface area contributed by atoms with Gasteiger partial charge in [0.25, 0.3) is 0 Å². The van der Waals surface area contributed by atoms with Crippen molar-refractivity contribution in [3.05, 3.63) is 53.6 Å². The highest BCUT2D eigenvalue weighted by Gasteiger charge is 2.24. The molecule has 0 atom stereocenters. The first-order valence-corrected chi connectivity index (χ1v) is 6.95. The SMILES string of the molecule is COC(=O)c1ncn(CC(=O)CCc2ccccc2)c1C(=O)O. The number of carbonyl (C=O) groups excluding carboxylic acids is 2. The molecule has 0 bridgehead atoms. The number of hydrogen-bond acceptors (Lipinski definition) is 5. The van der Waals surface area contributed by atoms with Crippen LogP contribution in [0.15, 0.2) is 36.7 Å². The Hall–Kier alpha value is -2.96. The standard InChI is InChI=1S/C16H16N2O5/c1-23-16(22)13-14(15(20)21)18(10-17-13)9-12(19)8-7-11-5-3-2-4-6-11/h2-6,10H,7-9H2,1H3,(H,20,21). The molecule has 0 saturated carbocycles. The second-order valence-corrected chi connectivity index (χ2v) is 4.89. The second-order valence-electron chi connectivity index (χ2n) is 4.89. The number of carbonyl (C=O) groups is 3. The zero-order chi connectivity index (χ0) is 16.8. The molecule has 0 aliphatic heterocycles. The highest BCUT2D eigenvalue weighted by molar-refractivity contribution is 6.00. The molecule has 1 aromatic heterocycles. The summed E-state index contributed by atoms with van der Waals surface area (Å²) in [6.45, 7) is -0.154. The Kier molecular flexibility index (Phi) is 5.24. The summed E-state index contributed by atoms with van der Waals surface area (Å²) in [6.07, 6.45) is 2.01. The van der Waals surface area contributed by atoms with Crippen LogP contribution in [0, 0.1) is 0 Å². The maximum atomic E-state index is 12.1. The van der Waals surface area contributed by atoms with Crippen LogP contribution in [-0.4, -0.2) is 39.5 Å². The van der Waals surface area contributed by atoms with Gasteiger partial charge in [-0.25, -0.2) is 14.6 Å². The Morgan fingerprint density at radius 2 is 1.91 bits per heavy atom. The first kappa shape index (κ1) is 16.4. The highest BCUT2D eigenvalue weighted by atomic mass is 16.5. The van der Waals surface area contributed by atoms with Crippen molar-refractivity contribution in [2.75, 3.05) is 7.11 Å². The normalized spacial score (nSPS) is 10.3. The predicted molar refractivity (Wildman–Crippen MR) is 80.3 cm³/mol. The van der Waals surface area contributed by atoms with Crippen molar-refractivity contribution in [3.8, 4) is 0 Å². The highest BCUT2D eigenvalue weighted by Crippen LogP contribution is 2.11. The third-order valence-electron chi connectivity index (χ3n) is 3.30. The maximum absolute atomic E-state index is 12.1. The minimum Gasteiger partial charge on any atom is -0.476 e. The molecule has 2 aromatic rings. The molecule has 1 N–H and O–H groups in total. The number of aryl methyl sites for hydroxylation is 1. The molecule has 1 aromatic carbocycles. The molecule has 2 rings (SSSR count). The Bertz CT molecular complexity index is 721. The molecule has 0 aliphatic carbocycles. The topological polar surface area (TPSA) is 98.5 Å². The van der Waals surface area contributed by atoms with Crippen LogP contribution < -0.4 is 0 Å². The van der Waals surface area contributed by atoms with Gasteiger partial charge in [-0.05, 0) is 12.0 Å². The molecule has 0 aliphatic rings. The van der Waals surface area contributed by atoms with E-state index in [1.165, 1.54) is 0 Å². The number of aromatic nitrogens is 2. The Balaban J connectivity index is 2.07. The smallest absolute Gasteiger partial charge is 0.359 e. The minimum atomic E-state index is -1.33. The van der Waals surface area contributed by atoms with E-state index in [0.717, 1.165) is 23.6 Å². The van der Waals surface area contributed by atoms with E-state index in [4.69, 9.17) is 0 Å². The van der Waals surface area contributed by atoms with Gasteiger partial charge in [0.15, 0.2) is 17.2 Å². The van der Waals surface area contributed by atoms with E-state index in [-0.39, 0.29) is 30.1 Å². The third-order valence-corrected chi connectivity index (χ3v) is 3.30. The summed E-state index contributed by atoms with van der Waals surface area (Å²) in [7, 11) is 1.14. The van der Waals surface area contributed by atoms with Crippen LogP contribution in [0.5, 0.6) is 0 Å². The largest absolute Gasteiger partial charge is 0.476 e. The minimum absolute atomic E-state index is 0.148. The number of hydrogen-bond donors (Lipinski definition) is 1. The lowest BCUT2D eigenvalue weighted by Crippen LogP contribution is -2.18. The fraction of sp³-hybridized carbons (Fsp3) is 0.250. The van der Waals surface area contributed by atoms with Crippen molar-refractivity contribution in [1.29, 1.82) is 0 Å². The molecule has 7 heteroatoms. The van der Waals surface area contributed by atoms with Gasteiger partial charge in [-0.1, -0.05) is 30.3 Å².